The fourth-order valence-electron chi connectivity index (χ4n) is 1.94. The summed E-state index contributed by atoms with van der Waals surface area (Å²) in [5.41, 5.74) is 0.188. The molecule has 0 saturated heterocycles. The number of hydrogen-bond donors (Lipinski definition) is 0. The summed E-state index contributed by atoms with van der Waals surface area (Å²) in [4.78, 5) is 28.6. The molecule has 0 aromatic carbocycles. The number of carbonyl (C=O) groups is 2. The third kappa shape index (κ3) is 3.94. The van der Waals surface area contributed by atoms with E-state index in [4.69, 9.17) is 14.3 Å². The van der Waals surface area contributed by atoms with E-state index in [0.717, 1.165) is 12.8 Å². The minimum absolute atomic E-state index is 0.188. The van der Waals surface area contributed by atoms with E-state index >= 15 is 0 Å². The van der Waals surface area contributed by atoms with Gasteiger partial charge in [-0.3, -0.25) is 0 Å². The van der Waals surface area contributed by atoms with Gasteiger partial charge in [0.05, 0.1) is 19.1 Å². The average molecular weight is 271 g/mol. The molecule has 0 N–H and O–H groups in total. The van der Waals surface area contributed by atoms with Crippen molar-refractivity contribution in [3.63, 3.8) is 0 Å². The standard InChI is InChI=1S/C13H21NO5/c1-4-7-8-9-10(12(15)17-5-2)14-19-11(9)13(16)18-6-3/h9,11H,4-8H2,1-3H3. The normalized spacial score (nSPS) is 21.5. The molecule has 6 nitrogen and oxygen atoms in total. The van der Waals surface area contributed by atoms with Gasteiger partial charge in [0.2, 0.25) is 6.10 Å². The zero-order chi connectivity index (χ0) is 14.3. The van der Waals surface area contributed by atoms with Crippen molar-refractivity contribution in [2.75, 3.05) is 13.2 Å². The first-order valence-corrected chi connectivity index (χ1v) is 6.73. The lowest BCUT2D eigenvalue weighted by atomic mass is 9.91. The third-order valence-electron chi connectivity index (χ3n) is 2.85. The van der Waals surface area contributed by atoms with Crippen LogP contribution in [0.15, 0.2) is 5.16 Å². The van der Waals surface area contributed by atoms with E-state index in [9.17, 15) is 9.59 Å². The Bertz CT molecular complexity index is 353. The van der Waals surface area contributed by atoms with Gasteiger partial charge in [0, 0.05) is 0 Å². The van der Waals surface area contributed by atoms with E-state index in [-0.39, 0.29) is 24.8 Å². The molecule has 1 aliphatic rings. The summed E-state index contributed by atoms with van der Waals surface area (Å²) in [6.45, 7) is 6.02. The Morgan fingerprint density at radius 3 is 2.47 bits per heavy atom. The van der Waals surface area contributed by atoms with Gasteiger partial charge in [0.25, 0.3) is 0 Å². The average Bonchev–Trinajstić information content (AvgIpc) is 2.80. The number of ether oxygens (including phenoxy) is 2. The van der Waals surface area contributed by atoms with Crippen LogP contribution >= 0.6 is 0 Å². The molecule has 0 bridgehead atoms. The SMILES string of the molecule is CCCCC1C(C(=O)OCC)=NOC1C(=O)OCC. The molecule has 19 heavy (non-hydrogen) atoms. The molecule has 2 unspecified atom stereocenters. The summed E-state index contributed by atoms with van der Waals surface area (Å²) >= 11 is 0. The van der Waals surface area contributed by atoms with Crippen molar-refractivity contribution in [2.24, 2.45) is 11.1 Å². The molecule has 1 aliphatic heterocycles. The minimum atomic E-state index is -0.828. The van der Waals surface area contributed by atoms with Crippen LogP contribution in [-0.4, -0.2) is 37.0 Å². The van der Waals surface area contributed by atoms with Crippen LogP contribution in [0.1, 0.15) is 40.0 Å². The molecule has 2 atom stereocenters. The number of rotatable bonds is 7. The monoisotopic (exact) mass is 271 g/mol. The highest BCUT2D eigenvalue weighted by atomic mass is 16.7. The van der Waals surface area contributed by atoms with E-state index in [2.05, 4.69) is 5.16 Å². The fraction of sp³-hybridized carbons (Fsp3) is 0.769. The summed E-state index contributed by atoms with van der Waals surface area (Å²) in [5.74, 6) is -1.37. The number of carbonyl (C=O) groups excluding carboxylic acids is 2. The predicted molar refractivity (Wildman–Crippen MR) is 68.6 cm³/mol. The highest BCUT2D eigenvalue weighted by Crippen LogP contribution is 2.26. The topological polar surface area (TPSA) is 74.2 Å². The highest BCUT2D eigenvalue weighted by molar-refractivity contribution is 6.38. The van der Waals surface area contributed by atoms with Gasteiger partial charge in [-0.1, -0.05) is 24.9 Å². The van der Waals surface area contributed by atoms with Crippen LogP contribution in [0.5, 0.6) is 0 Å². The van der Waals surface area contributed by atoms with Gasteiger partial charge < -0.3 is 14.3 Å². The van der Waals surface area contributed by atoms with Crippen LogP contribution in [0.4, 0.5) is 0 Å². The Morgan fingerprint density at radius 1 is 1.21 bits per heavy atom. The lowest BCUT2D eigenvalue weighted by molar-refractivity contribution is -0.157. The molecule has 0 radical (unpaired) electrons. The molecule has 1 heterocycles. The Balaban J connectivity index is 2.76. The summed E-state index contributed by atoms with van der Waals surface area (Å²) in [7, 11) is 0. The molecular weight excluding hydrogens is 250 g/mol. The fourth-order valence-corrected chi connectivity index (χ4v) is 1.94. The number of unbranched alkanes of at least 4 members (excludes halogenated alkanes) is 1. The third-order valence-corrected chi connectivity index (χ3v) is 2.85. The predicted octanol–water partition coefficient (Wildman–Crippen LogP) is 1.67. The number of nitrogens with zero attached hydrogens (tertiary/aromatic N) is 1. The van der Waals surface area contributed by atoms with Gasteiger partial charge in [-0.2, -0.15) is 0 Å². The zero-order valence-corrected chi connectivity index (χ0v) is 11.7. The molecule has 108 valence electrons. The van der Waals surface area contributed by atoms with E-state index in [1.807, 2.05) is 6.92 Å². The zero-order valence-electron chi connectivity index (χ0n) is 11.7. The van der Waals surface area contributed by atoms with E-state index in [0.29, 0.717) is 6.42 Å². The van der Waals surface area contributed by atoms with Gasteiger partial charge in [-0.05, 0) is 20.3 Å². The van der Waals surface area contributed by atoms with Gasteiger partial charge in [0.1, 0.15) is 0 Å². The second kappa shape index (κ2) is 7.76. The highest BCUT2D eigenvalue weighted by Gasteiger charge is 2.43. The van der Waals surface area contributed by atoms with E-state index in [1.54, 1.807) is 13.8 Å². The molecular formula is C13H21NO5. The Labute approximate surface area is 113 Å². The van der Waals surface area contributed by atoms with Crippen molar-refractivity contribution in [1.82, 2.24) is 0 Å². The first-order valence-electron chi connectivity index (χ1n) is 6.73. The molecule has 0 spiro atoms. The summed E-state index contributed by atoms with van der Waals surface area (Å²) in [6, 6.07) is 0. The van der Waals surface area contributed by atoms with Crippen LogP contribution in [0, 0.1) is 5.92 Å². The summed E-state index contributed by atoms with van der Waals surface area (Å²) in [6.07, 6.45) is 1.66. The molecule has 0 aromatic rings. The molecule has 0 aliphatic carbocycles. The first-order chi connectivity index (χ1) is 9.15. The first kappa shape index (κ1) is 15.5. The maximum atomic E-state index is 11.8. The Hall–Kier alpha value is -1.59. The van der Waals surface area contributed by atoms with E-state index in [1.165, 1.54) is 0 Å². The minimum Gasteiger partial charge on any atom is -0.463 e. The van der Waals surface area contributed by atoms with Crippen LogP contribution in [0.2, 0.25) is 0 Å². The second-order valence-corrected chi connectivity index (χ2v) is 4.22. The van der Waals surface area contributed by atoms with Crippen molar-refractivity contribution in [3.05, 3.63) is 0 Å². The summed E-state index contributed by atoms with van der Waals surface area (Å²) < 4.78 is 9.86. The lowest BCUT2D eigenvalue weighted by Crippen LogP contribution is -2.36. The molecule has 0 aromatic heterocycles. The van der Waals surface area contributed by atoms with Gasteiger partial charge in [-0.25, -0.2) is 9.59 Å². The Morgan fingerprint density at radius 2 is 1.89 bits per heavy atom. The number of oxime groups is 1. The van der Waals surface area contributed by atoms with Crippen LogP contribution < -0.4 is 0 Å². The Kier molecular flexibility index (Phi) is 6.32. The maximum absolute atomic E-state index is 11.8. The molecule has 0 fully saturated rings. The number of esters is 2. The maximum Gasteiger partial charge on any atom is 0.356 e. The quantitative estimate of drug-likeness (QED) is 0.658. The molecule has 0 amide bonds. The van der Waals surface area contributed by atoms with Crippen molar-refractivity contribution in [2.45, 2.75) is 46.1 Å². The van der Waals surface area contributed by atoms with Crippen LogP contribution in [-0.2, 0) is 23.9 Å². The van der Waals surface area contributed by atoms with Crippen LogP contribution in [0.3, 0.4) is 0 Å². The van der Waals surface area contributed by atoms with Crippen molar-refractivity contribution in [1.29, 1.82) is 0 Å². The molecule has 6 heteroatoms. The van der Waals surface area contributed by atoms with Crippen molar-refractivity contribution < 1.29 is 23.9 Å². The lowest BCUT2D eigenvalue weighted by Gasteiger charge is -2.16. The summed E-state index contributed by atoms with van der Waals surface area (Å²) in [5, 5.41) is 3.71. The smallest absolute Gasteiger partial charge is 0.356 e. The van der Waals surface area contributed by atoms with E-state index < -0.39 is 18.0 Å². The molecule has 1 rings (SSSR count). The van der Waals surface area contributed by atoms with Crippen LogP contribution in [0.25, 0.3) is 0 Å². The number of hydrogen-bond acceptors (Lipinski definition) is 6. The van der Waals surface area contributed by atoms with Crippen molar-refractivity contribution >= 4 is 17.7 Å². The van der Waals surface area contributed by atoms with Crippen molar-refractivity contribution in [3.8, 4) is 0 Å². The second-order valence-electron chi connectivity index (χ2n) is 4.22. The largest absolute Gasteiger partial charge is 0.463 e. The van der Waals surface area contributed by atoms with Gasteiger partial charge in [-0.15, -0.1) is 0 Å². The van der Waals surface area contributed by atoms with Gasteiger partial charge in [0.15, 0.2) is 5.71 Å². The molecule has 0 saturated carbocycles. The van der Waals surface area contributed by atoms with Gasteiger partial charge >= 0.3 is 11.9 Å².